The Morgan fingerprint density at radius 2 is 1.88 bits per heavy atom. The van der Waals surface area contributed by atoms with Gasteiger partial charge < -0.3 is 0 Å². The van der Waals surface area contributed by atoms with Gasteiger partial charge in [-0.2, -0.15) is 0 Å². The first-order valence-electron chi connectivity index (χ1n) is 4.81. The SMILES string of the molecule is C=CCN1C(=O)C(=O)N(CCC#CC)C1=O. The number of rotatable bonds is 4. The third kappa shape index (κ3) is 2.11. The summed E-state index contributed by atoms with van der Waals surface area (Å²) in [6.45, 7) is 5.30. The van der Waals surface area contributed by atoms with Gasteiger partial charge in [0.15, 0.2) is 0 Å². The number of hydrogen-bond acceptors (Lipinski definition) is 3. The van der Waals surface area contributed by atoms with Crippen molar-refractivity contribution in [1.82, 2.24) is 9.80 Å². The number of hydrogen-bond donors (Lipinski definition) is 0. The first-order valence-corrected chi connectivity index (χ1v) is 4.81. The van der Waals surface area contributed by atoms with Crippen molar-refractivity contribution in [2.75, 3.05) is 13.1 Å². The summed E-state index contributed by atoms with van der Waals surface area (Å²) in [6, 6.07) is -0.590. The standard InChI is InChI=1S/C11H12N2O3/c1-3-5-6-8-13-10(15)9(14)12(7-4-2)11(13)16/h4H,2,6-8H2,1H3. The predicted octanol–water partition coefficient (Wildman–Crippen LogP) is 0.377. The number of urea groups is 1. The lowest BCUT2D eigenvalue weighted by molar-refractivity contribution is -0.143. The monoisotopic (exact) mass is 220 g/mol. The fourth-order valence-electron chi connectivity index (χ4n) is 1.33. The first kappa shape index (κ1) is 12.0. The minimum Gasteiger partial charge on any atom is -0.263 e. The molecule has 1 heterocycles. The topological polar surface area (TPSA) is 57.7 Å². The van der Waals surface area contributed by atoms with Crippen LogP contribution in [0.15, 0.2) is 12.7 Å². The fourth-order valence-corrected chi connectivity index (χ4v) is 1.33. The van der Waals surface area contributed by atoms with Gasteiger partial charge in [0, 0.05) is 19.5 Å². The maximum atomic E-state index is 11.6. The Kier molecular flexibility index (Phi) is 3.84. The summed E-state index contributed by atoms with van der Waals surface area (Å²) in [5, 5.41) is 0. The minimum absolute atomic E-state index is 0.0549. The van der Waals surface area contributed by atoms with Crippen molar-refractivity contribution in [2.24, 2.45) is 0 Å². The molecular formula is C11H12N2O3. The van der Waals surface area contributed by atoms with Gasteiger partial charge in [-0.25, -0.2) is 4.79 Å². The van der Waals surface area contributed by atoms with Gasteiger partial charge >= 0.3 is 17.8 Å². The van der Waals surface area contributed by atoms with Gasteiger partial charge in [0.1, 0.15) is 0 Å². The Bertz CT molecular complexity index is 403. The van der Waals surface area contributed by atoms with E-state index in [2.05, 4.69) is 18.4 Å². The van der Waals surface area contributed by atoms with E-state index in [0.717, 1.165) is 9.80 Å². The summed E-state index contributed by atoms with van der Waals surface area (Å²) in [7, 11) is 0. The first-order chi connectivity index (χ1) is 7.63. The van der Waals surface area contributed by atoms with Crippen LogP contribution in [0.25, 0.3) is 0 Å². The van der Waals surface area contributed by atoms with Gasteiger partial charge in [-0.15, -0.1) is 18.4 Å². The van der Waals surface area contributed by atoms with Crippen molar-refractivity contribution in [1.29, 1.82) is 0 Å². The van der Waals surface area contributed by atoms with E-state index < -0.39 is 17.8 Å². The molecule has 0 aromatic rings. The summed E-state index contributed by atoms with van der Waals surface area (Å²) in [4.78, 5) is 36.2. The number of imide groups is 2. The molecule has 0 saturated carbocycles. The van der Waals surface area contributed by atoms with Crippen LogP contribution in [0.1, 0.15) is 13.3 Å². The van der Waals surface area contributed by atoms with Gasteiger partial charge in [0.25, 0.3) is 0 Å². The second kappa shape index (κ2) is 5.12. The molecule has 1 rings (SSSR count). The van der Waals surface area contributed by atoms with Crippen molar-refractivity contribution in [3.8, 4) is 11.8 Å². The largest absolute Gasteiger partial charge is 0.334 e. The normalized spacial score (nSPS) is 15.2. The van der Waals surface area contributed by atoms with Crippen LogP contribution in [0, 0.1) is 11.8 Å². The van der Waals surface area contributed by atoms with Crippen molar-refractivity contribution >= 4 is 17.8 Å². The van der Waals surface area contributed by atoms with Gasteiger partial charge in [-0.1, -0.05) is 6.08 Å². The van der Waals surface area contributed by atoms with E-state index >= 15 is 0 Å². The number of amides is 4. The zero-order valence-electron chi connectivity index (χ0n) is 9.02. The van der Waals surface area contributed by atoms with E-state index in [4.69, 9.17) is 0 Å². The Labute approximate surface area is 93.7 Å². The van der Waals surface area contributed by atoms with Gasteiger partial charge in [0.05, 0.1) is 0 Å². The molecule has 1 aliphatic heterocycles. The third-order valence-electron chi connectivity index (χ3n) is 2.08. The van der Waals surface area contributed by atoms with Gasteiger partial charge in [-0.05, 0) is 6.92 Å². The summed E-state index contributed by atoms with van der Waals surface area (Å²) >= 11 is 0. The van der Waals surface area contributed by atoms with Gasteiger partial charge in [0.2, 0.25) is 0 Å². The van der Waals surface area contributed by atoms with Crippen LogP contribution >= 0.6 is 0 Å². The summed E-state index contributed by atoms with van der Waals surface area (Å²) in [5.41, 5.74) is 0. The number of carbonyl (C=O) groups excluding carboxylic acids is 3. The third-order valence-corrected chi connectivity index (χ3v) is 2.08. The number of nitrogens with zero attached hydrogens (tertiary/aromatic N) is 2. The predicted molar refractivity (Wildman–Crippen MR) is 57.1 cm³/mol. The molecule has 4 amide bonds. The van der Waals surface area contributed by atoms with E-state index in [-0.39, 0.29) is 13.1 Å². The molecule has 5 heteroatoms. The molecule has 0 radical (unpaired) electrons. The van der Waals surface area contributed by atoms with Crippen LogP contribution in [0.2, 0.25) is 0 Å². The molecule has 0 spiro atoms. The second-order valence-corrected chi connectivity index (χ2v) is 3.12. The number of carbonyl (C=O) groups is 3. The van der Waals surface area contributed by atoms with Crippen molar-refractivity contribution in [3.63, 3.8) is 0 Å². The highest BCUT2D eigenvalue weighted by atomic mass is 16.2. The van der Waals surface area contributed by atoms with E-state index in [1.807, 2.05) is 0 Å². The van der Waals surface area contributed by atoms with E-state index in [0.29, 0.717) is 6.42 Å². The van der Waals surface area contributed by atoms with Crippen LogP contribution in [-0.4, -0.2) is 40.7 Å². The van der Waals surface area contributed by atoms with Gasteiger partial charge in [-0.3, -0.25) is 19.4 Å². The van der Waals surface area contributed by atoms with E-state index in [1.54, 1.807) is 6.92 Å². The molecule has 0 unspecified atom stereocenters. The van der Waals surface area contributed by atoms with Crippen molar-refractivity contribution in [2.45, 2.75) is 13.3 Å². The lowest BCUT2D eigenvalue weighted by atomic mass is 10.4. The molecule has 1 saturated heterocycles. The van der Waals surface area contributed by atoms with Crippen LogP contribution in [-0.2, 0) is 9.59 Å². The molecule has 0 aliphatic carbocycles. The van der Waals surface area contributed by atoms with Crippen molar-refractivity contribution in [3.05, 3.63) is 12.7 Å². The lowest BCUT2D eigenvalue weighted by Crippen LogP contribution is -2.34. The van der Waals surface area contributed by atoms with E-state index in [1.165, 1.54) is 6.08 Å². The zero-order valence-corrected chi connectivity index (χ0v) is 9.02. The highest BCUT2D eigenvalue weighted by molar-refractivity contribution is 6.44. The second-order valence-electron chi connectivity index (χ2n) is 3.12. The van der Waals surface area contributed by atoms with Crippen molar-refractivity contribution < 1.29 is 14.4 Å². The molecule has 0 aromatic heterocycles. The highest BCUT2D eigenvalue weighted by Crippen LogP contribution is 2.11. The smallest absolute Gasteiger partial charge is 0.263 e. The molecule has 0 aromatic carbocycles. The average Bonchev–Trinajstić information content (AvgIpc) is 2.46. The molecule has 0 N–H and O–H groups in total. The summed E-state index contributed by atoms with van der Waals surface area (Å²) in [6.07, 6.45) is 1.78. The molecule has 1 fully saturated rings. The molecule has 84 valence electrons. The molecule has 0 bridgehead atoms. The van der Waals surface area contributed by atoms with E-state index in [9.17, 15) is 14.4 Å². The van der Waals surface area contributed by atoms with Crippen LogP contribution in [0.4, 0.5) is 4.79 Å². The molecular weight excluding hydrogens is 208 g/mol. The van der Waals surface area contributed by atoms with Crippen LogP contribution in [0.3, 0.4) is 0 Å². The average molecular weight is 220 g/mol. The fraction of sp³-hybridized carbons (Fsp3) is 0.364. The maximum absolute atomic E-state index is 11.6. The Balaban J connectivity index is 2.75. The Morgan fingerprint density at radius 1 is 1.25 bits per heavy atom. The summed E-state index contributed by atoms with van der Waals surface area (Å²) < 4.78 is 0. The summed E-state index contributed by atoms with van der Waals surface area (Å²) in [5.74, 6) is 3.80. The zero-order chi connectivity index (χ0) is 12.1. The van der Waals surface area contributed by atoms with Crippen LogP contribution in [0.5, 0.6) is 0 Å². The Hall–Kier alpha value is -2.09. The molecule has 16 heavy (non-hydrogen) atoms. The quantitative estimate of drug-likeness (QED) is 0.298. The van der Waals surface area contributed by atoms with Crippen LogP contribution < -0.4 is 0 Å². The molecule has 1 aliphatic rings. The molecule has 5 nitrogen and oxygen atoms in total. The molecule has 0 atom stereocenters. The minimum atomic E-state index is -0.797. The highest BCUT2D eigenvalue weighted by Gasteiger charge is 2.43. The Morgan fingerprint density at radius 3 is 2.44 bits per heavy atom. The lowest BCUT2D eigenvalue weighted by Gasteiger charge is -2.12. The maximum Gasteiger partial charge on any atom is 0.334 e.